The number of hydrogen-bond donors (Lipinski definition) is 2. The molecule has 1 fully saturated rings. The highest BCUT2D eigenvalue weighted by atomic mass is 32.1. The summed E-state index contributed by atoms with van der Waals surface area (Å²) in [6, 6.07) is 0.538. The number of ether oxygens (including phenoxy) is 1. The van der Waals surface area contributed by atoms with Crippen LogP contribution >= 0.6 is 11.3 Å². The molecular formula is C11H14N2O4S. The minimum Gasteiger partial charge on any atom is -0.480 e. The summed E-state index contributed by atoms with van der Waals surface area (Å²) in [5, 5.41) is 15.4. The van der Waals surface area contributed by atoms with E-state index in [2.05, 4.69) is 5.32 Å². The van der Waals surface area contributed by atoms with Crippen molar-refractivity contribution in [1.82, 2.24) is 4.90 Å². The SMILES string of the molecule is COC1CC(C(=O)O)N(C(=O)Nc2ccsc2)C1. The molecule has 0 radical (unpaired) electrons. The molecule has 1 aliphatic heterocycles. The molecule has 0 aromatic carbocycles. The number of likely N-dealkylation sites (tertiary alicyclic amines) is 1. The Morgan fingerprint density at radius 2 is 2.39 bits per heavy atom. The number of aliphatic carboxylic acids is 1. The summed E-state index contributed by atoms with van der Waals surface area (Å²) in [5.41, 5.74) is 0.676. The molecule has 2 rings (SSSR count). The van der Waals surface area contributed by atoms with Crippen LogP contribution in [0.5, 0.6) is 0 Å². The summed E-state index contributed by atoms with van der Waals surface area (Å²) in [6.07, 6.45) is 0.0995. The lowest BCUT2D eigenvalue weighted by Crippen LogP contribution is -2.43. The van der Waals surface area contributed by atoms with Gasteiger partial charge < -0.3 is 20.1 Å². The van der Waals surface area contributed by atoms with E-state index in [-0.39, 0.29) is 6.10 Å². The molecule has 0 spiro atoms. The summed E-state index contributed by atoms with van der Waals surface area (Å²) < 4.78 is 5.12. The number of nitrogens with one attached hydrogen (secondary N) is 1. The number of amides is 2. The lowest BCUT2D eigenvalue weighted by Gasteiger charge is -2.21. The van der Waals surface area contributed by atoms with Crippen LogP contribution in [0, 0.1) is 0 Å². The van der Waals surface area contributed by atoms with Gasteiger partial charge in [-0.3, -0.25) is 0 Å². The molecule has 1 aromatic rings. The van der Waals surface area contributed by atoms with Crippen LogP contribution in [0.3, 0.4) is 0 Å². The minimum absolute atomic E-state index is 0.223. The number of thiophene rings is 1. The van der Waals surface area contributed by atoms with Gasteiger partial charge in [0.15, 0.2) is 0 Å². The van der Waals surface area contributed by atoms with Crippen molar-refractivity contribution in [2.75, 3.05) is 19.0 Å². The lowest BCUT2D eigenvalue weighted by atomic mass is 10.2. The lowest BCUT2D eigenvalue weighted by molar-refractivity contribution is -0.141. The molecule has 6 nitrogen and oxygen atoms in total. The Morgan fingerprint density at radius 3 is 2.94 bits per heavy atom. The summed E-state index contributed by atoms with van der Waals surface area (Å²) in [6.45, 7) is 0.295. The van der Waals surface area contributed by atoms with Crippen molar-refractivity contribution in [2.24, 2.45) is 0 Å². The molecule has 2 amide bonds. The zero-order valence-electron chi connectivity index (χ0n) is 9.83. The predicted octanol–water partition coefficient (Wildman–Crippen LogP) is 1.45. The Labute approximate surface area is 108 Å². The van der Waals surface area contributed by atoms with E-state index in [9.17, 15) is 9.59 Å². The van der Waals surface area contributed by atoms with E-state index in [1.165, 1.54) is 23.3 Å². The third-order valence-electron chi connectivity index (χ3n) is 2.91. The van der Waals surface area contributed by atoms with Crippen LogP contribution in [0.4, 0.5) is 10.5 Å². The number of carboxylic acids is 1. The first kappa shape index (κ1) is 12.8. The average molecular weight is 270 g/mol. The van der Waals surface area contributed by atoms with Gasteiger partial charge in [-0.25, -0.2) is 9.59 Å². The van der Waals surface area contributed by atoms with Gasteiger partial charge in [-0.1, -0.05) is 0 Å². The first-order valence-electron chi connectivity index (χ1n) is 5.47. The number of methoxy groups -OCH3 is 1. The van der Waals surface area contributed by atoms with Crippen LogP contribution in [0.15, 0.2) is 16.8 Å². The minimum atomic E-state index is -1.00. The van der Waals surface area contributed by atoms with Gasteiger partial charge in [0.2, 0.25) is 0 Å². The Bertz CT molecular complexity index is 434. The second kappa shape index (κ2) is 5.36. The second-order valence-corrected chi connectivity index (χ2v) is 4.82. The number of carbonyl (C=O) groups excluding carboxylic acids is 1. The fraction of sp³-hybridized carbons (Fsp3) is 0.455. The highest BCUT2D eigenvalue weighted by Crippen LogP contribution is 2.22. The average Bonchev–Trinajstić information content (AvgIpc) is 2.96. The molecule has 18 heavy (non-hydrogen) atoms. The van der Waals surface area contributed by atoms with Crippen molar-refractivity contribution in [1.29, 1.82) is 0 Å². The molecule has 98 valence electrons. The fourth-order valence-corrected chi connectivity index (χ4v) is 2.55. The standard InChI is InChI=1S/C11H14N2O4S/c1-17-8-4-9(10(14)15)13(5-8)11(16)12-7-2-3-18-6-7/h2-3,6,8-9H,4-5H2,1H3,(H,12,16)(H,14,15). The van der Waals surface area contributed by atoms with Gasteiger partial charge in [0.05, 0.1) is 11.8 Å². The number of nitrogens with zero attached hydrogens (tertiary/aromatic N) is 1. The maximum atomic E-state index is 12.0. The van der Waals surface area contributed by atoms with Crippen molar-refractivity contribution in [2.45, 2.75) is 18.6 Å². The van der Waals surface area contributed by atoms with E-state index < -0.39 is 18.0 Å². The second-order valence-electron chi connectivity index (χ2n) is 4.04. The normalized spacial score (nSPS) is 23.1. The van der Waals surface area contributed by atoms with E-state index in [4.69, 9.17) is 9.84 Å². The molecule has 2 N–H and O–H groups in total. The van der Waals surface area contributed by atoms with Gasteiger partial charge >= 0.3 is 12.0 Å². The topological polar surface area (TPSA) is 78.9 Å². The molecule has 1 aliphatic rings. The van der Waals surface area contributed by atoms with Crippen molar-refractivity contribution < 1.29 is 19.4 Å². The molecule has 7 heteroatoms. The quantitative estimate of drug-likeness (QED) is 0.871. The van der Waals surface area contributed by atoms with Gasteiger partial charge in [0, 0.05) is 25.5 Å². The van der Waals surface area contributed by atoms with Crippen molar-refractivity contribution in [3.63, 3.8) is 0 Å². The van der Waals surface area contributed by atoms with E-state index in [0.717, 1.165) is 0 Å². The van der Waals surface area contributed by atoms with E-state index >= 15 is 0 Å². The molecule has 0 aliphatic carbocycles. The van der Waals surface area contributed by atoms with E-state index in [1.54, 1.807) is 11.4 Å². The Kier molecular flexibility index (Phi) is 3.83. The first-order chi connectivity index (χ1) is 8.61. The molecular weight excluding hydrogens is 256 g/mol. The summed E-state index contributed by atoms with van der Waals surface area (Å²) in [4.78, 5) is 24.4. The zero-order valence-corrected chi connectivity index (χ0v) is 10.6. The molecule has 2 unspecified atom stereocenters. The van der Waals surface area contributed by atoms with Gasteiger partial charge in [-0.05, 0) is 11.4 Å². The van der Waals surface area contributed by atoms with Gasteiger partial charge in [0.25, 0.3) is 0 Å². The first-order valence-corrected chi connectivity index (χ1v) is 6.41. The highest BCUT2D eigenvalue weighted by molar-refractivity contribution is 7.08. The van der Waals surface area contributed by atoms with Crippen LogP contribution in [0.1, 0.15) is 6.42 Å². The number of carboxylic acid groups (broad SMARTS) is 1. The van der Waals surface area contributed by atoms with Crippen molar-refractivity contribution in [3.8, 4) is 0 Å². The predicted molar refractivity (Wildman–Crippen MR) is 66.9 cm³/mol. The van der Waals surface area contributed by atoms with Crippen LogP contribution in [-0.2, 0) is 9.53 Å². The van der Waals surface area contributed by atoms with Gasteiger partial charge in [-0.15, -0.1) is 0 Å². The number of hydrogen-bond acceptors (Lipinski definition) is 4. The molecule has 2 atom stereocenters. The van der Waals surface area contributed by atoms with Gasteiger partial charge in [-0.2, -0.15) is 11.3 Å². The van der Waals surface area contributed by atoms with Crippen LogP contribution in [0.25, 0.3) is 0 Å². The third-order valence-corrected chi connectivity index (χ3v) is 3.60. The molecule has 0 saturated carbocycles. The van der Waals surface area contributed by atoms with Crippen molar-refractivity contribution in [3.05, 3.63) is 16.8 Å². The van der Waals surface area contributed by atoms with Crippen LogP contribution < -0.4 is 5.32 Å². The van der Waals surface area contributed by atoms with E-state index in [1.807, 2.05) is 5.38 Å². The number of rotatable bonds is 3. The summed E-state index contributed by atoms with van der Waals surface area (Å²) in [7, 11) is 1.52. The monoisotopic (exact) mass is 270 g/mol. The number of urea groups is 1. The molecule has 2 heterocycles. The van der Waals surface area contributed by atoms with Crippen molar-refractivity contribution >= 4 is 29.0 Å². The molecule has 1 aromatic heterocycles. The Morgan fingerprint density at radius 1 is 1.61 bits per heavy atom. The van der Waals surface area contributed by atoms with Gasteiger partial charge in [0.1, 0.15) is 6.04 Å². The Hall–Kier alpha value is -1.60. The maximum Gasteiger partial charge on any atom is 0.326 e. The van der Waals surface area contributed by atoms with Crippen LogP contribution in [-0.4, -0.2) is 47.8 Å². The van der Waals surface area contributed by atoms with Crippen LogP contribution in [0.2, 0.25) is 0 Å². The maximum absolute atomic E-state index is 12.0. The number of carbonyl (C=O) groups is 2. The number of anilines is 1. The Balaban J connectivity index is 2.05. The highest BCUT2D eigenvalue weighted by Gasteiger charge is 2.39. The fourth-order valence-electron chi connectivity index (χ4n) is 1.96. The molecule has 1 saturated heterocycles. The third kappa shape index (κ3) is 2.62. The summed E-state index contributed by atoms with van der Waals surface area (Å²) >= 11 is 1.46. The molecule has 0 bridgehead atoms. The smallest absolute Gasteiger partial charge is 0.326 e. The van der Waals surface area contributed by atoms with E-state index in [0.29, 0.717) is 18.7 Å². The zero-order chi connectivity index (χ0) is 13.1. The summed E-state index contributed by atoms with van der Waals surface area (Å²) in [5.74, 6) is -1.00. The largest absolute Gasteiger partial charge is 0.480 e.